The molecule has 132 valence electrons. The summed E-state index contributed by atoms with van der Waals surface area (Å²) in [6.07, 6.45) is 13.5. The molecule has 0 aromatic heterocycles. The molecule has 0 amide bonds. The largest absolute Gasteiger partial charge is 0.480 e. The van der Waals surface area contributed by atoms with E-state index >= 15 is 0 Å². The van der Waals surface area contributed by atoms with Crippen molar-refractivity contribution in [1.29, 1.82) is 0 Å². The van der Waals surface area contributed by atoms with Crippen LogP contribution in [0.3, 0.4) is 0 Å². The van der Waals surface area contributed by atoms with E-state index in [0.29, 0.717) is 0 Å². The van der Waals surface area contributed by atoms with Gasteiger partial charge in [-0.2, -0.15) is 12.6 Å². The Balaban J connectivity index is 3.37. The fraction of sp³-hybridized carbons (Fsp3) is 0.941. The first-order valence-corrected chi connectivity index (χ1v) is 11.1. The van der Waals surface area contributed by atoms with E-state index in [1.165, 1.54) is 76.0 Å². The zero-order chi connectivity index (χ0) is 16.8. The van der Waals surface area contributed by atoms with E-state index in [-0.39, 0.29) is 3.91 Å². The van der Waals surface area contributed by atoms with Crippen molar-refractivity contribution >= 4 is 42.1 Å². The normalized spacial score (nSPS) is 13.3. The molecule has 5 heteroatoms. The first-order chi connectivity index (χ1) is 10.4. The molecule has 0 heterocycles. The molecule has 0 fully saturated rings. The van der Waals surface area contributed by atoms with Crippen LogP contribution in [0.15, 0.2) is 0 Å². The third-order valence-corrected chi connectivity index (χ3v) is 6.90. The predicted octanol–water partition coefficient (Wildman–Crippen LogP) is 6.45. The van der Waals surface area contributed by atoms with Crippen molar-refractivity contribution in [2.24, 2.45) is 0 Å². The van der Waals surface area contributed by atoms with Gasteiger partial charge in [-0.3, -0.25) is 4.79 Å². The van der Waals surface area contributed by atoms with Gasteiger partial charge in [-0.1, -0.05) is 64.7 Å². The van der Waals surface area contributed by atoms with Gasteiger partial charge in [0.25, 0.3) is 0 Å². The van der Waals surface area contributed by atoms with Crippen LogP contribution >= 0.6 is 36.2 Å². The molecule has 0 aliphatic rings. The number of unbranched alkanes of at least 4 members (excludes halogenated alkanes) is 9. The Morgan fingerprint density at radius 3 is 1.91 bits per heavy atom. The Bertz CT molecular complexity index is 283. The Labute approximate surface area is 151 Å². The highest BCUT2D eigenvalue weighted by molar-refractivity contribution is 8.28. The van der Waals surface area contributed by atoms with Gasteiger partial charge in [-0.25, -0.2) is 0 Å². The first kappa shape index (κ1) is 22.5. The molecule has 0 aromatic carbocycles. The summed E-state index contributed by atoms with van der Waals surface area (Å²) < 4.78 is -0.707. The average Bonchev–Trinajstić information content (AvgIpc) is 2.44. The van der Waals surface area contributed by atoms with Gasteiger partial charge in [-0.05, 0) is 26.0 Å². The minimum Gasteiger partial charge on any atom is -0.480 e. The lowest BCUT2D eigenvalue weighted by molar-refractivity contribution is -0.138. The zero-order valence-corrected chi connectivity index (χ0v) is 17.0. The Morgan fingerprint density at radius 2 is 1.45 bits per heavy atom. The third-order valence-electron chi connectivity index (χ3n) is 3.67. The monoisotopic (exact) mass is 366 g/mol. The van der Waals surface area contributed by atoms with Gasteiger partial charge in [0.15, 0.2) is 0 Å². The van der Waals surface area contributed by atoms with E-state index in [4.69, 9.17) is 5.11 Å². The molecule has 0 aliphatic heterocycles. The van der Waals surface area contributed by atoms with Crippen molar-refractivity contribution in [1.82, 2.24) is 0 Å². The van der Waals surface area contributed by atoms with Crippen molar-refractivity contribution in [3.8, 4) is 0 Å². The number of hydrogen-bond donors (Lipinski definition) is 2. The Hall–Kier alpha value is 0.520. The summed E-state index contributed by atoms with van der Waals surface area (Å²) >= 11 is 7.66. The lowest BCUT2D eigenvalue weighted by Gasteiger charge is -2.22. The number of aliphatic carboxylic acids is 1. The van der Waals surface area contributed by atoms with Crippen LogP contribution in [0.25, 0.3) is 0 Å². The summed E-state index contributed by atoms with van der Waals surface area (Å²) in [5.74, 6) is 0.309. The molecule has 1 atom stereocenters. The maximum Gasteiger partial charge on any atom is 0.319 e. The van der Waals surface area contributed by atoms with E-state index in [0.717, 1.165) is 5.75 Å². The zero-order valence-electron chi connectivity index (χ0n) is 14.5. The van der Waals surface area contributed by atoms with E-state index in [2.05, 4.69) is 19.6 Å². The SMILES string of the molecule is CCCCCCCCCCCCSC(S)SC(C)(C)C(=O)O. The van der Waals surface area contributed by atoms with Gasteiger partial charge in [-0.15, -0.1) is 23.5 Å². The molecule has 0 bridgehead atoms. The second-order valence-corrected chi connectivity index (χ2v) is 10.7. The number of thiol groups is 1. The van der Waals surface area contributed by atoms with Crippen LogP contribution in [-0.4, -0.2) is 25.5 Å². The Morgan fingerprint density at radius 1 is 1.00 bits per heavy atom. The van der Waals surface area contributed by atoms with Crippen LogP contribution < -0.4 is 0 Å². The molecule has 0 rings (SSSR count). The van der Waals surface area contributed by atoms with Crippen LogP contribution in [-0.2, 0) is 4.79 Å². The lowest BCUT2D eigenvalue weighted by Crippen LogP contribution is -2.28. The van der Waals surface area contributed by atoms with Crippen molar-refractivity contribution in [2.45, 2.75) is 93.6 Å². The van der Waals surface area contributed by atoms with Crippen molar-refractivity contribution < 1.29 is 9.90 Å². The van der Waals surface area contributed by atoms with Crippen LogP contribution in [0.4, 0.5) is 0 Å². The van der Waals surface area contributed by atoms with E-state index in [9.17, 15) is 4.79 Å². The number of rotatable bonds is 15. The molecular weight excluding hydrogens is 332 g/mol. The maximum atomic E-state index is 11.1. The molecule has 1 N–H and O–H groups in total. The summed E-state index contributed by atoms with van der Waals surface area (Å²) in [5.41, 5.74) is 0. The number of carboxylic acids is 1. The maximum absolute atomic E-state index is 11.1. The highest BCUT2D eigenvalue weighted by atomic mass is 32.3. The van der Waals surface area contributed by atoms with Crippen LogP contribution in [0.5, 0.6) is 0 Å². The van der Waals surface area contributed by atoms with Crippen molar-refractivity contribution in [3.63, 3.8) is 0 Å². The number of carboxylic acid groups (broad SMARTS) is 1. The molecule has 1 unspecified atom stereocenters. The van der Waals surface area contributed by atoms with Crippen LogP contribution in [0, 0.1) is 0 Å². The van der Waals surface area contributed by atoms with Gasteiger partial charge in [0, 0.05) is 0 Å². The topological polar surface area (TPSA) is 37.3 Å². The van der Waals surface area contributed by atoms with Crippen LogP contribution in [0.1, 0.15) is 85.0 Å². The quantitative estimate of drug-likeness (QED) is 0.198. The van der Waals surface area contributed by atoms with Gasteiger partial charge in [0.1, 0.15) is 4.75 Å². The third kappa shape index (κ3) is 13.0. The lowest BCUT2D eigenvalue weighted by atomic mass is 10.1. The fourth-order valence-electron chi connectivity index (χ4n) is 2.11. The van der Waals surface area contributed by atoms with E-state index in [1.807, 2.05) is 0 Å². The van der Waals surface area contributed by atoms with Crippen molar-refractivity contribution in [2.75, 3.05) is 5.75 Å². The van der Waals surface area contributed by atoms with Crippen LogP contribution in [0.2, 0.25) is 0 Å². The molecule has 0 saturated heterocycles. The molecule has 2 nitrogen and oxygen atoms in total. The number of hydrogen-bond acceptors (Lipinski definition) is 4. The van der Waals surface area contributed by atoms with Gasteiger partial charge >= 0.3 is 5.97 Å². The summed E-state index contributed by atoms with van der Waals surface area (Å²) in [7, 11) is 0. The highest BCUT2D eigenvalue weighted by Crippen LogP contribution is 2.37. The Kier molecular flexibility index (Phi) is 14.2. The molecule has 0 saturated carbocycles. The molecule has 0 spiro atoms. The molecular formula is C17H34O2S3. The predicted molar refractivity (Wildman–Crippen MR) is 106 cm³/mol. The fourth-order valence-corrected chi connectivity index (χ4v) is 5.68. The number of carbonyl (C=O) groups is 1. The smallest absolute Gasteiger partial charge is 0.319 e. The summed E-state index contributed by atoms with van der Waals surface area (Å²) in [6, 6.07) is 0. The summed E-state index contributed by atoms with van der Waals surface area (Å²) in [6.45, 7) is 5.74. The standard InChI is InChI=1S/C17H34O2S3/c1-4-5-6-7-8-9-10-11-12-13-14-21-16(20)22-17(2,3)15(18)19/h16,20H,4-14H2,1-3H3,(H,18,19). The molecule has 0 radical (unpaired) electrons. The first-order valence-electron chi connectivity index (χ1n) is 8.61. The summed E-state index contributed by atoms with van der Waals surface area (Å²) in [5, 5.41) is 9.09. The van der Waals surface area contributed by atoms with Crippen molar-refractivity contribution in [3.05, 3.63) is 0 Å². The van der Waals surface area contributed by atoms with Gasteiger partial charge in [0.2, 0.25) is 0 Å². The van der Waals surface area contributed by atoms with E-state index in [1.54, 1.807) is 25.6 Å². The average molecular weight is 367 g/mol. The minimum absolute atomic E-state index is 0.0460. The summed E-state index contributed by atoms with van der Waals surface area (Å²) in [4.78, 5) is 11.1. The van der Waals surface area contributed by atoms with Gasteiger partial charge in [0.05, 0.1) is 3.91 Å². The molecule has 22 heavy (non-hydrogen) atoms. The second-order valence-electron chi connectivity index (χ2n) is 6.29. The molecule has 0 aromatic rings. The minimum atomic E-state index is -0.768. The second kappa shape index (κ2) is 13.9. The van der Waals surface area contributed by atoms with E-state index < -0.39 is 10.7 Å². The number of thioether (sulfide) groups is 2. The van der Waals surface area contributed by atoms with Gasteiger partial charge < -0.3 is 5.11 Å². The molecule has 0 aliphatic carbocycles. The highest BCUT2D eigenvalue weighted by Gasteiger charge is 2.30.